The van der Waals surface area contributed by atoms with E-state index in [1.807, 2.05) is 85.9 Å². The van der Waals surface area contributed by atoms with Crippen molar-refractivity contribution in [2.45, 2.75) is 19.5 Å². The summed E-state index contributed by atoms with van der Waals surface area (Å²) < 4.78 is 40.3. The van der Waals surface area contributed by atoms with Crippen molar-refractivity contribution in [2.75, 3.05) is 0 Å². The van der Waals surface area contributed by atoms with Crippen molar-refractivity contribution in [1.29, 1.82) is 0 Å². The molecule has 0 aliphatic rings. The molecule has 0 aliphatic carbocycles. The van der Waals surface area contributed by atoms with Crippen molar-refractivity contribution in [2.24, 2.45) is 0 Å². The first-order valence-corrected chi connectivity index (χ1v) is 12.0. The van der Waals surface area contributed by atoms with Crippen LogP contribution in [0.25, 0.3) is 44.3 Å². The van der Waals surface area contributed by atoms with Gasteiger partial charge in [-0.3, -0.25) is 4.98 Å². The molecule has 1 aromatic heterocycles. The number of hydrogen-bond donors (Lipinski definition) is 0. The summed E-state index contributed by atoms with van der Waals surface area (Å²) >= 11 is 0. The summed E-state index contributed by atoms with van der Waals surface area (Å²) in [6.45, 7) is 1.86. The summed E-state index contributed by atoms with van der Waals surface area (Å²) in [5, 5.41) is 3.12. The Morgan fingerprint density at radius 2 is 1.29 bits per heavy atom. The predicted octanol–water partition coefficient (Wildman–Crippen LogP) is 8.32. The lowest BCUT2D eigenvalue weighted by atomic mass is 9.95. The standard InChI is InChI=1S/C30H23F3NP/c1-2-19-13-25(17-27(14-19)30(31,32)33)23-6-4-20-3-5-22(15-26(20)16-23)24-9-12-29(34-18-24)21-7-10-28(35)11-8-21/h3-18H,2,35H2,1H3. The second kappa shape index (κ2) is 9.28. The van der Waals surface area contributed by atoms with Crippen molar-refractivity contribution in [3.8, 4) is 33.5 Å². The maximum Gasteiger partial charge on any atom is 0.416 e. The van der Waals surface area contributed by atoms with Gasteiger partial charge in [-0.1, -0.05) is 67.6 Å². The number of pyridine rings is 1. The molecule has 0 fully saturated rings. The zero-order valence-corrected chi connectivity index (χ0v) is 20.3. The Kier molecular flexibility index (Phi) is 6.17. The zero-order chi connectivity index (χ0) is 24.6. The first-order valence-electron chi connectivity index (χ1n) is 11.4. The van der Waals surface area contributed by atoms with Crippen LogP contribution in [0.2, 0.25) is 0 Å². The zero-order valence-electron chi connectivity index (χ0n) is 19.1. The fourth-order valence-corrected chi connectivity index (χ4v) is 4.41. The summed E-state index contributed by atoms with van der Waals surface area (Å²) in [6.07, 6.45) is -1.98. The van der Waals surface area contributed by atoms with E-state index in [9.17, 15) is 13.2 Å². The van der Waals surface area contributed by atoms with Crippen molar-refractivity contribution >= 4 is 25.3 Å². The molecule has 0 radical (unpaired) electrons. The van der Waals surface area contributed by atoms with E-state index < -0.39 is 11.7 Å². The molecule has 5 rings (SSSR count). The molecule has 1 heterocycles. The van der Waals surface area contributed by atoms with Gasteiger partial charge >= 0.3 is 6.18 Å². The number of benzene rings is 4. The Balaban J connectivity index is 1.51. The number of aromatic nitrogens is 1. The Morgan fingerprint density at radius 3 is 1.89 bits per heavy atom. The van der Waals surface area contributed by atoms with Gasteiger partial charge in [0, 0.05) is 17.3 Å². The highest BCUT2D eigenvalue weighted by Crippen LogP contribution is 2.35. The quantitative estimate of drug-likeness (QED) is 0.233. The van der Waals surface area contributed by atoms with Gasteiger partial charge < -0.3 is 0 Å². The van der Waals surface area contributed by atoms with Crippen molar-refractivity contribution < 1.29 is 13.2 Å². The van der Waals surface area contributed by atoms with Crippen molar-refractivity contribution in [3.05, 3.63) is 108 Å². The van der Waals surface area contributed by atoms with E-state index in [0.717, 1.165) is 44.0 Å². The Bertz CT molecular complexity index is 1500. The minimum atomic E-state index is -4.37. The Hall–Kier alpha value is -3.49. The van der Waals surface area contributed by atoms with E-state index in [-0.39, 0.29) is 0 Å². The van der Waals surface area contributed by atoms with Crippen LogP contribution in [0, 0.1) is 0 Å². The number of aryl methyl sites for hydroxylation is 1. The van der Waals surface area contributed by atoms with Crippen LogP contribution in [0.3, 0.4) is 0 Å². The molecule has 1 nitrogen and oxygen atoms in total. The molecule has 1 atom stereocenters. The summed E-state index contributed by atoms with van der Waals surface area (Å²) in [5.74, 6) is 0. The van der Waals surface area contributed by atoms with E-state index in [4.69, 9.17) is 0 Å². The first-order chi connectivity index (χ1) is 16.8. The minimum Gasteiger partial charge on any atom is -0.256 e. The summed E-state index contributed by atoms with van der Waals surface area (Å²) in [7, 11) is 2.68. The van der Waals surface area contributed by atoms with E-state index in [0.29, 0.717) is 17.5 Å². The SMILES string of the molecule is CCc1cc(-c2ccc3ccc(-c4ccc(-c5ccc(P)cc5)nc4)cc3c2)cc(C(F)(F)F)c1. The van der Waals surface area contributed by atoms with Gasteiger partial charge in [-0.2, -0.15) is 13.2 Å². The highest BCUT2D eigenvalue weighted by atomic mass is 31.0. The van der Waals surface area contributed by atoms with E-state index >= 15 is 0 Å². The molecule has 0 saturated carbocycles. The summed E-state index contributed by atoms with van der Waals surface area (Å²) in [4.78, 5) is 4.64. The van der Waals surface area contributed by atoms with Gasteiger partial charge in [0.2, 0.25) is 0 Å². The number of halogens is 3. The number of nitrogens with zero attached hydrogens (tertiary/aromatic N) is 1. The van der Waals surface area contributed by atoms with Crippen LogP contribution in [-0.4, -0.2) is 4.98 Å². The molecule has 0 amide bonds. The van der Waals surface area contributed by atoms with Gasteiger partial charge in [0.05, 0.1) is 11.3 Å². The molecule has 0 aliphatic heterocycles. The molecule has 0 spiro atoms. The average molecular weight is 485 g/mol. The lowest BCUT2D eigenvalue weighted by Gasteiger charge is -2.13. The molecule has 174 valence electrons. The van der Waals surface area contributed by atoms with Crippen molar-refractivity contribution in [1.82, 2.24) is 4.98 Å². The topological polar surface area (TPSA) is 12.9 Å². The lowest BCUT2D eigenvalue weighted by molar-refractivity contribution is -0.137. The van der Waals surface area contributed by atoms with Gasteiger partial charge in [-0.05, 0) is 75.1 Å². The highest BCUT2D eigenvalue weighted by molar-refractivity contribution is 7.27. The third-order valence-electron chi connectivity index (χ3n) is 6.21. The van der Waals surface area contributed by atoms with Crippen LogP contribution in [0.15, 0.2) is 97.2 Å². The number of rotatable bonds is 4. The maximum absolute atomic E-state index is 13.4. The van der Waals surface area contributed by atoms with Gasteiger partial charge in [0.15, 0.2) is 0 Å². The smallest absolute Gasteiger partial charge is 0.256 e. The van der Waals surface area contributed by atoms with Crippen LogP contribution in [0.5, 0.6) is 0 Å². The maximum atomic E-state index is 13.4. The molecule has 5 aromatic rings. The second-order valence-electron chi connectivity index (χ2n) is 8.60. The van der Waals surface area contributed by atoms with Crippen LogP contribution < -0.4 is 5.30 Å². The molecule has 1 unspecified atom stereocenters. The third kappa shape index (κ3) is 4.99. The Morgan fingerprint density at radius 1 is 0.657 bits per heavy atom. The van der Waals surface area contributed by atoms with Gasteiger partial charge in [0.1, 0.15) is 0 Å². The third-order valence-corrected chi connectivity index (χ3v) is 6.59. The fourth-order valence-electron chi connectivity index (χ4n) is 4.22. The molecule has 5 heteroatoms. The van der Waals surface area contributed by atoms with Gasteiger partial charge in [-0.25, -0.2) is 0 Å². The molecular formula is C30H23F3NP. The number of alkyl halides is 3. The molecule has 0 bridgehead atoms. The number of hydrogen-bond acceptors (Lipinski definition) is 1. The van der Waals surface area contributed by atoms with E-state index in [1.54, 1.807) is 0 Å². The van der Waals surface area contributed by atoms with Crippen LogP contribution in [0.4, 0.5) is 13.2 Å². The molecular weight excluding hydrogens is 462 g/mol. The Labute approximate surface area is 204 Å². The van der Waals surface area contributed by atoms with Gasteiger partial charge in [-0.15, -0.1) is 9.24 Å². The normalized spacial score (nSPS) is 11.7. The molecule has 4 aromatic carbocycles. The van der Waals surface area contributed by atoms with Gasteiger partial charge in [0.25, 0.3) is 0 Å². The monoisotopic (exact) mass is 485 g/mol. The first kappa shape index (κ1) is 23.3. The fraction of sp³-hybridized carbons (Fsp3) is 0.100. The second-order valence-corrected chi connectivity index (χ2v) is 9.27. The van der Waals surface area contributed by atoms with E-state index in [1.165, 1.54) is 12.1 Å². The minimum absolute atomic E-state index is 0.541. The van der Waals surface area contributed by atoms with E-state index in [2.05, 4.69) is 20.3 Å². The lowest BCUT2D eigenvalue weighted by Crippen LogP contribution is -2.06. The molecule has 0 saturated heterocycles. The predicted molar refractivity (Wildman–Crippen MR) is 142 cm³/mol. The van der Waals surface area contributed by atoms with Crippen LogP contribution in [-0.2, 0) is 12.6 Å². The largest absolute Gasteiger partial charge is 0.416 e. The number of fused-ring (bicyclic) bond motifs is 1. The summed E-state index contributed by atoms with van der Waals surface area (Å²) in [5.41, 5.74) is 5.34. The van der Waals surface area contributed by atoms with Crippen LogP contribution in [0.1, 0.15) is 18.1 Å². The average Bonchev–Trinajstić information content (AvgIpc) is 2.88. The highest BCUT2D eigenvalue weighted by Gasteiger charge is 2.31. The summed E-state index contributed by atoms with van der Waals surface area (Å²) in [6, 6.07) is 28.4. The molecule has 0 N–H and O–H groups in total. The van der Waals surface area contributed by atoms with Crippen LogP contribution >= 0.6 is 9.24 Å². The van der Waals surface area contributed by atoms with Crippen molar-refractivity contribution in [3.63, 3.8) is 0 Å². The molecule has 35 heavy (non-hydrogen) atoms.